The van der Waals surface area contributed by atoms with E-state index in [1.807, 2.05) is 6.92 Å². The first-order valence-electron chi connectivity index (χ1n) is 5.12. The minimum absolute atomic E-state index is 0.226. The monoisotopic (exact) mass is 349 g/mol. The van der Waals surface area contributed by atoms with Crippen molar-refractivity contribution in [2.75, 3.05) is 7.05 Å². The molecule has 0 aromatic carbocycles. The zero-order valence-electron chi connectivity index (χ0n) is 9.84. The number of aromatic amines is 1. The molecule has 0 saturated carbocycles. The smallest absolute Gasteiger partial charge is 0.252 e. The van der Waals surface area contributed by atoms with Gasteiger partial charge in [-0.25, -0.2) is 13.4 Å². The molecule has 1 N–H and O–H groups in total. The average molecular weight is 350 g/mol. The zero-order valence-corrected chi connectivity index (χ0v) is 13.1. The van der Waals surface area contributed by atoms with Gasteiger partial charge in [-0.1, -0.05) is 0 Å². The van der Waals surface area contributed by atoms with Crippen LogP contribution in [0.3, 0.4) is 0 Å². The van der Waals surface area contributed by atoms with E-state index in [2.05, 4.69) is 25.9 Å². The van der Waals surface area contributed by atoms with Crippen LogP contribution in [0.25, 0.3) is 0 Å². The van der Waals surface area contributed by atoms with E-state index in [1.54, 1.807) is 25.5 Å². The molecule has 0 bridgehead atoms. The molecule has 8 heteroatoms. The highest BCUT2D eigenvalue weighted by molar-refractivity contribution is 9.11. The number of nitrogens with zero attached hydrogens (tertiary/aromatic N) is 2. The predicted octanol–water partition coefficient (Wildman–Crippen LogP) is 2.36. The Morgan fingerprint density at radius 1 is 1.56 bits per heavy atom. The predicted molar refractivity (Wildman–Crippen MR) is 74.0 cm³/mol. The number of nitrogens with one attached hydrogen (secondary N) is 1. The summed E-state index contributed by atoms with van der Waals surface area (Å²) in [6.45, 7) is 2.09. The molecule has 2 aromatic rings. The molecule has 2 heterocycles. The Bertz CT molecular complexity index is 615. The third kappa shape index (κ3) is 2.66. The molecule has 0 aliphatic heterocycles. The number of hydrogen-bond donors (Lipinski definition) is 1. The number of hydrogen-bond acceptors (Lipinski definition) is 4. The first-order chi connectivity index (χ1) is 8.41. The number of aryl methyl sites for hydroxylation is 1. The van der Waals surface area contributed by atoms with E-state index in [0.717, 1.165) is 9.35 Å². The van der Waals surface area contributed by atoms with Crippen molar-refractivity contribution in [3.63, 3.8) is 0 Å². The van der Waals surface area contributed by atoms with E-state index < -0.39 is 10.0 Å². The van der Waals surface area contributed by atoms with E-state index >= 15 is 0 Å². The number of sulfonamides is 1. The molecule has 0 aliphatic rings. The normalized spacial score (nSPS) is 12.2. The quantitative estimate of drug-likeness (QED) is 0.921. The van der Waals surface area contributed by atoms with Crippen molar-refractivity contribution in [1.29, 1.82) is 0 Å². The van der Waals surface area contributed by atoms with Gasteiger partial charge >= 0.3 is 0 Å². The van der Waals surface area contributed by atoms with Crippen LogP contribution >= 0.6 is 27.3 Å². The van der Waals surface area contributed by atoms with Crippen LogP contribution in [-0.2, 0) is 16.6 Å². The van der Waals surface area contributed by atoms with E-state index in [9.17, 15) is 8.42 Å². The molecular weight excluding hydrogens is 338 g/mol. The molecule has 0 spiro atoms. The van der Waals surface area contributed by atoms with Gasteiger partial charge in [0.15, 0.2) is 0 Å². The molecule has 0 radical (unpaired) electrons. The van der Waals surface area contributed by atoms with Crippen molar-refractivity contribution in [3.05, 3.63) is 33.6 Å². The fourth-order valence-electron chi connectivity index (χ4n) is 1.39. The topological polar surface area (TPSA) is 66.1 Å². The fraction of sp³-hybridized carbons (Fsp3) is 0.300. The zero-order chi connectivity index (χ0) is 13.3. The Balaban J connectivity index is 2.25. The summed E-state index contributed by atoms with van der Waals surface area (Å²) in [4.78, 5) is 6.90. The Morgan fingerprint density at radius 3 is 2.78 bits per heavy atom. The molecule has 0 fully saturated rings. The lowest BCUT2D eigenvalue weighted by Gasteiger charge is -2.14. The second kappa shape index (κ2) is 5.12. The maximum Gasteiger partial charge on any atom is 0.252 e. The molecule has 0 saturated heterocycles. The van der Waals surface area contributed by atoms with Crippen LogP contribution < -0.4 is 0 Å². The maximum absolute atomic E-state index is 12.3. The van der Waals surface area contributed by atoms with Gasteiger partial charge < -0.3 is 4.98 Å². The van der Waals surface area contributed by atoms with Crippen LogP contribution in [0, 0.1) is 6.92 Å². The fourth-order valence-corrected chi connectivity index (χ4v) is 4.96. The second-order valence-corrected chi connectivity index (χ2v) is 8.46. The van der Waals surface area contributed by atoms with E-state index in [0.29, 0.717) is 10.0 Å². The summed E-state index contributed by atoms with van der Waals surface area (Å²) < 4.78 is 27.1. The van der Waals surface area contributed by atoms with Crippen LogP contribution in [0.2, 0.25) is 0 Å². The lowest BCUT2D eigenvalue weighted by molar-refractivity contribution is 0.460. The van der Waals surface area contributed by atoms with E-state index in [4.69, 9.17) is 0 Å². The average Bonchev–Trinajstić information content (AvgIpc) is 2.90. The largest absolute Gasteiger partial charge is 0.347 e. The minimum Gasteiger partial charge on any atom is -0.347 e. The van der Waals surface area contributed by atoms with E-state index in [-0.39, 0.29) is 6.54 Å². The standard InChI is InChI=1S/C10H12BrN3O2S2/c1-7-5-9(17-10(7)11)18(15,16)14(2)6-8-12-3-4-13-8/h3-5H,6H2,1-2H3,(H,12,13). The van der Waals surface area contributed by atoms with Crippen molar-refractivity contribution in [1.82, 2.24) is 14.3 Å². The molecule has 0 unspecified atom stereocenters. The summed E-state index contributed by atoms with van der Waals surface area (Å²) in [6, 6.07) is 1.67. The summed E-state index contributed by atoms with van der Waals surface area (Å²) >= 11 is 4.55. The molecule has 2 rings (SSSR count). The van der Waals surface area contributed by atoms with Crippen LogP contribution in [-0.4, -0.2) is 29.7 Å². The summed E-state index contributed by atoms with van der Waals surface area (Å²) in [7, 11) is -1.91. The van der Waals surface area contributed by atoms with Crippen LogP contribution in [0.1, 0.15) is 11.4 Å². The summed E-state index contributed by atoms with van der Waals surface area (Å²) in [5.41, 5.74) is 0.921. The van der Waals surface area contributed by atoms with Gasteiger partial charge in [0.2, 0.25) is 0 Å². The third-order valence-electron chi connectivity index (χ3n) is 2.43. The van der Waals surface area contributed by atoms with Crippen molar-refractivity contribution in [3.8, 4) is 0 Å². The summed E-state index contributed by atoms with van der Waals surface area (Å²) in [5.74, 6) is 0.619. The Morgan fingerprint density at radius 2 is 2.28 bits per heavy atom. The summed E-state index contributed by atoms with van der Waals surface area (Å²) in [6.07, 6.45) is 3.27. The van der Waals surface area contributed by atoms with Crippen LogP contribution in [0.4, 0.5) is 0 Å². The maximum atomic E-state index is 12.3. The molecule has 0 aliphatic carbocycles. The first-order valence-corrected chi connectivity index (χ1v) is 8.16. The number of aromatic nitrogens is 2. The molecule has 98 valence electrons. The molecule has 18 heavy (non-hydrogen) atoms. The van der Waals surface area contributed by atoms with Crippen molar-refractivity contribution in [2.45, 2.75) is 17.7 Å². The van der Waals surface area contributed by atoms with E-state index in [1.165, 1.54) is 15.6 Å². The highest BCUT2D eigenvalue weighted by atomic mass is 79.9. The third-order valence-corrected chi connectivity index (χ3v) is 6.82. The number of imidazole rings is 1. The van der Waals surface area contributed by atoms with Crippen molar-refractivity contribution in [2.24, 2.45) is 0 Å². The lowest BCUT2D eigenvalue weighted by atomic mass is 10.4. The van der Waals surface area contributed by atoms with Gasteiger partial charge in [0, 0.05) is 19.4 Å². The highest BCUT2D eigenvalue weighted by Crippen LogP contribution is 2.32. The van der Waals surface area contributed by atoms with Gasteiger partial charge in [-0.2, -0.15) is 4.31 Å². The molecule has 5 nitrogen and oxygen atoms in total. The van der Waals surface area contributed by atoms with Gasteiger partial charge in [-0.15, -0.1) is 11.3 Å². The molecule has 2 aromatic heterocycles. The number of halogens is 1. The van der Waals surface area contributed by atoms with Crippen molar-refractivity contribution < 1.29 is 8.42 Å². The van der Waals surface area contributed by atoms with Gasteiger partial charge in [0.1, 0.15) is 10.0 Å². The Labute approximate surface area is 118 Å². The SMILES string of the molecule is Cc1cc(S(=O)(=O)N(C)Cc2ncc[nH]2)sc1Br. The van der Waals surface area contributed by atoms with Crippen LogP contribution in [0.15, 0.2) is 26.5 Å². The van der Waals surface area contributed by atoms with Gasteiger partial charge in [0.05, 0.1) is 10.3 Å². The lowest BCUT2D eigenvalue weighted by Crippen LogP contribution is -2.26. The Kier molecular flexibility index (Phi) is 3.90. The molecule has 0 atom stereocenters. The summed E-state index contributed by atoms with van der Waals surface area (Å²) in [5, 5.41) is 0. The highest BCUT2D eigenvalue weighted by Gasteiger charge is 2.24. The number of thiophene rings is 1. The van der Waals surface area contributed by atoms with Gasteiger partial charge in [-0.05, 0) is 34.5 Å². The molecular formula is C10H12BrN3O2S2. The van der Waals surface area contributed by atoms with Crippen molar-refractivity contribution >= 4 is 37.3 Å². The number of rotatable bonds is 4. The second-order valence-electron chi connectivity index (χ2n) is 3.82. The minimum atomic E-state index is -3.45. The van der Waals surface area contributed by atoms with Gasteiger partial charge in [0.25, 0.3) is 10.0 Å². The number of H-pyrrole nitrogens is 1. The van der Waals surface area contributed by atoms with Crippen LogP contribution in [0.5, 0.6) is 0 Å². The molecule has 0 amide bonds. The van der Waals surface area contributed by atoms with Gasteiger partial charge in [-0.3, -0.25) is 0 Å². The first kappa shape index (κ1) is 13.7. The Hall–Kier alpha value is -0.700.